The van der Waals surface area contributed by atoms with Crippen molar-refractivity contribution in [2.24, 2.45) is 0 Å². The first-order chi connectivity index (χ1) is 29.3. The zero-order chi connectivity index (χ0) is 41.7. The van der Waals surface area contributed by atoms with Crippen LogP contribution >= 0.6 is 11.3 Å². The summed E-state index contributed by atoms with van der Waals surface area (Å²) in [5, 5.41) is 19.3. The van der Waals surface area contributed by atoms with E-state index in [4.69, 9.17) is 14.2 Å². The van der Waals surface area contributed by atoms with Crippen LogP contribution < -0.4 is 15.4 Å². The van der Waals surface area contributed by atoms with Crippen molar-refractivity contribution in [1.29, 1.82) is 0 Å². The van der Waals surface area contributed by atoms with Gasteiger partial charge in [0.05, 0.1) is 43.4 Å². The minimum atomic E-state index is -0.287. The molecule has 3 fully saturated rings. The van der Waals surface area contributed by atoms with Crippen LogP contribution in [0.1, 0.15) is 103 Å². The molecule has 4 heterocycles. The van der Waals surface area contributed by atoms with Gasteiger partial charge in [0.2, 0.25) is 5.91 Å². The van der Waals surface area contributed by atoms with Crippen molar-refractivity contribution < 1.29 is 33.7 Å². The molecule has 2 saturated heterocycles. The average Bonchev–Trinajstić information content (AvgIpc) is 3.75. The summed E-state index contributed by atoms with van der Waals surface area (Å²) in [6.45, 7) is 9.62. The number of carbonyl (C=O) groups excluding carboxylic acids is 3. The molecule has 13 nitrogen and oxygen atoms in total. The molecule has 14 heteroatoms. The van der Waals surface area contributed by atoms with Crippen molar-refractivity contribution in [2.45, 2.75) is 109 Å². The van der Waals surface area contributed by atoms with E-state index in [1.165, 1.54) is 17.5 Å². The summed E-state index contributed by atoms with van der Waals surface area (Å²) < 4.78 is 18.1. The third kappa shape index (κ3) is 11.8. The molecule has 3 aliphatic heterocycles. The maximum Gasteiger partial charge on any atom is 0.273 e. The van der Waals surface area contributed by atoms with E-state index in [1.54, 1.807) is 17.4 Å². The third-order valence-electron chi connectivity index (χ3n) is 12.5. The number of piperidine rings is 1. The van der Waals surface area contributed by atoms with E-state index in [1.807, 2.05) is 16.3 Å². The first kappa shape index (κ1) is 44.0. The van der Waals surface area contributed by atoms with Crippen LogP contribution in [-0.4, -0.2) is 126 Å². The zero-order valence-electron chi connectivity index (χ0n) is 35.4. The lowest BCUT2D eigenvalue weighted by molar-refractivity contribution is -0.135. The number of carbonyl (C=O) groups is 3. The lowest BCUT2D eigenvalue weighted by Gasteiger charge is -2.47. The molecule has 1 saturated carbocycles. The fourth-order valence-electron chi connectivity index (χ4n) is 9.05. The Hall–Kier alpha value is -4.08. The number of rotatable bonds is 19. The highest BCUT2D eigenvalue weighted by atomic mass is 32.1. The highest BCUT2D eigenvalue weighted by Crippen LogP contribution is 2.39. The van der Waals surface area contributed by atoms with Gasteiger partial charge in [-0.3, -0.25) is 19.3 Å². The minimum Gasteiger partial charge on any atom is -0.506 e. The van der Waals surface area contributed by atoms with Crippen LogP contribution in [0.3, 0.4) is 0 Å². The van der Waals surface area contributed by atoms with Gasteiger partial charge in [0.15, 0.2) is 12.4 Å². The van der Waals surface area contributed by atoms with E-state index in [2.05, 4.69) is 56.6 Å². The number of aromatic hydroxyl groups is 1. The predicted octanol–water partition coefficient (Wildman–Crippen LogP) is 5.97. The van der Waals surface area contributed by atoms with Gasteiger partial charge in [0.25, 0.3) is 11.8 Å². The number of ether oxygens (including phenoxy) is 3. The van der Waals surface area contributed by atoms with Gasteiger partial charge in [-0.05, 0) is 80.7 Å². The van der Waals surface area contributed by atoms with Crippen molar-refractivity contribution in [2.75, 3.05) is 77.6 Å². The zero-order valence-corrected chi connectivity index (χ0v) is 36.2. The quantitative estimate of drug-likeness (QED) is 0.0975. The Morgan fingerprint density at radius 3 is 2.72 bits per heavy atom. The molecule has 0 bridgehead atoms. The molecular formula is C46H64N6O7S. The number of nitrogens with zero attached hydrogens (tertiary/aromatic N) is 4. The second kappa shape index (κ2) is 21.6. The Balaban J connectivity index is 0.807. The van der Waals surface area contributed by atoms with Crippen LogP contribution in [0.4, 0.5) is 5.69 Å². The number of amides is 3. The number of thiazole rings is 1. The number of nitrogens with one attached hydrogen (secondary N) is 2. The molecule has 7 rings (SSSR count). The molecule has 0 radical (unpaired) electrons. The van der Waals surface area contributed by atoms with Crippen LogP contribution in [0.2, 0.25) is 0 Å². The number of unbranched alkanes of at least 4 members (excludes halogenated alkanes) is 1. The summed E-state index contributed by atoms with van der Waals surface area (Å²) >= 11 is 1.60. The lowest BCUT2D eigenvalue weighted by Crippen LogP contribution is -2.58. The Bertz CT molecular complexity index is 1890. The van der Waals surface area contributed by atoms with E-state index in [0.29, 0.717) is 82.5 Å². The van der Waals surface area contributed by atoms with Gasteiger partial charge in [-0.25, -0.2) is 4.98 Å². The molecule has 1 aromatic heterocycles. The molecule has 1 aliphatic carbocycles. The summed E-state index contributed by atoms with van der Waals surface area (Å²) in [7, 11) is 0. The van der Waals surface area contributed by atoms with Gasteiger partial charge in [0, 0.05) is 50.7 Å². The highest BCUT2D eigenvalue weighted by molar-refractivity contribution is 7.09. The summed E-state index contributed by atoms with van der Waals surface area (Å²) in [6.07, 6.45) is 12.4. The van der Waals surface area contributed by atoms with Gasteiger partial charge in [0.1, 0.15) is 17.1 Å². The summed E-state index contributed by atoms with van der Waals surface area (Å²) in [5.41, 5.74) is 4.05. The largest absolute Gasteiger partial charge is 0.506 e. The van der Waals surface area contributed by atoms with Crippen molar-refractivity contribution in [3.63, 3.8) is 0 Å². The number of anilines is 1. The van der Waals surface area contributed by atoms with E-state index in [-0.39, 0.29) is 41.7 Å². The molecule has 0 atom stereocenters. The SMILES string of the molecule is CCCCc1nc(C(=O)N2CCOC3(CCN(Cc4cccc(CCOCCC(=O)N(CCNCCc5ccc(O)c6c5OCC(=O)N6)C5CCCCC5)c4)CC3)C2)cs1. The summed E-state index contributed by atoms with van der Waals surface area (Å²) in [5.74, 6) is 0.427. The fourth-order valence-corrected chi connectivity index (χ4v) is 9.87. The van der Waals surface area contributed by atoms with Crippen LogP contribution in [0.15, 0.2) is 41.8 Å². The molecular weight excluding hydrogens is 781 g/mol. The second-order valence-electron chi connectivity index (χ2n) is 16.9. The van der Waals surface area contributed by atoms with E-state index in [0.717, 1.165) is 94.4 Å². The van der Waals surface area contributed by atoms with Gasteiger partial charge in [-0.1, -0.05) is 62.9 Å². The van der Waals surface area contributed by atoms with Crippen molar-refractivity contribution in [1.82, 2.24) is 25.0 Å². The Labute approximate surface area is 359 Å². The van der Waals surface area contributed by atoms with Crippen molar-refractivity contribution >= 4 is 34.7 Å². The highest BCUT2D eigenvalue weighted by Gasteiger charge is 2.41. The molecule has 326 valence electrons. The fraction of sp³-hybridized carbons (Fsp3) is 0.609. The minimum absolute atomic E-state index is 0.00379. The van der Waals surface area contributed by atoms with Crippen LogP contribution in [0.25, 0.3) is 0 Å². The molecule has 0 unspecified atom stereocenters. The molecule has 3 amide bonds. The number of morpholine rings is 1. The monoisotopic (exact) mass is 844 g/mol. The van der Waals surface area contributed by atoms with E-state index < -0.39 is 0 Å². The molecule has 4 aliphatic rings. The van der Waals surface area contributed by atoms with Crippen LogP contribution in [0.5, 0.6) is 11.5 Å². The van der Waals surface area contributed by atoms with Gasteiger partial charge >= 0.3 is 0 Å². The van der Waals surface area contributed by atoms with E-state index in [9.17, 15) is 19.5 Å². The molecule has 60 heavy (non-hydrogen) atoms. The van der Waals surface area contributed by atoms with E-state index >= 15 is 0 Å². The number of fused-ring (bicyclic) bond motifs is 1. The molecule has 3 N–H and O–H groups in total. The number of benzene rings is 2. The van der Waals surface area contributed by atoms with Crippen LogP contribution in [-0.2, 0) is 44.9 Å². The number of aromatic nitrogens is 1. The molecule has 2 aromatic carbocycles. The normalized spacial score (nSPS) is 18.2. The standard InChI is InChI=1S/C46H64N6O7S/c1-2-3-12-41-48-38(32-60-41)45(56)51-25-28-59-46(33-51)18-22-50(23-19-46)30-35-9-7-8-34(29-35)16-26-57-27-17-42(55)52(37-10-5-4-6-11-37)24-21-47-20-15-36-13-14-39(53)43-44(36)58-31-40(54)49-43/h7-9,13-14,29,32,37,47,53H,2-6,10-12,15-28,30-31,33H2,1H3,(H,49,54). The topological polar surface area (TPSA) is 146 Å². The number of hydrogen-bond acceptors (Lipinski definition) is 11. The Morgan fingerprint density at radius 1 is 1.05 bits per heavy atom. The number of phenols is 1. The number of aryl methyl sites for hydroxylation is 1. The second-order valence-corrected chi connectivity index (χ2v) is 17.8. The molecule has 1 spiro atoms. The van der Waals surface area contributed by atoms with Gasteiger partial charge in [-0.15, -0.1) is 11.3 Å². The first-order valence-corrected chi connectivity index (χ1v) is 23.2. The lowest BCUT2D eigenvalue weighted by atomic mass is 9.89. The first-order valence-electron chi connectivity index (χ1n) is 22.3. The summed E-state index contributed by atoms with van der Waals surface area (Å²) in [4.78, 5) is 49.8. The smallest absolute Gasteiger partial charge is 0.273 e. The Kier molecular flexibility index (Phi) is 15.9. The molecule has 3 aromatic rings. The Morgan fingerprint density at radius 2 is 1.88 bits per heavy atom. The number of hydrogen-bond donors (Lipinski definition) is 3. The predicted molar refractivity (Wildman–Crippen MR) is 233 cm³/mol. The number of likely N-dealkylation sites (tertiary alicyclic amines) is 1. The third-order valence-corrected chi connectivity index (χ3v) is 13.4. The number of phenolic OH excluding ortho intramolecular Hbond substituents is 1. The van der Waals surface area contributed by atoms with Crippen LogP contribution in [0, 0.1) is 0 Å². The maximum absolute atomic E-state index is 13.6. The average molecular weight is 845 g/mol. The summed E-state index contributed by atoms with van der Waals surface area (Å²) in [6, 6.07) is 12.4. The van der Waals surface area contributed by atoms with Gasteiger partial charge < -0.3 is 39.8 Å². The maximum atomic E-state index is 13.6. The van der Waals surface area contributed by atoms with Crippen molar-refractivity contribution in [3.8, 4) is 11.5 Å². The van der Waals surface area contributed by atoms with Crippen molar-refractivity contribution in [3.05, 3.63) is 69.2 Å². The van der Waals surface area contributed by atoms with Gasteiger partial charge in [-0.2, -0.15) is 0 Å².